The Morgan fingerprint density at radius 2 is 1.92 bits per heavy atom. The molecule has 1 atom stereocenters. The summed E-state index contributed by atoms with van der Waals surface area (Å²) >= 11 is 0. The molecule has 3 aromatic rings. The Morgan fingerprint density at radius 3 is 2.65 bits per heavy atom. The molecule has 0 amide bonds. The highest BCUT2D eigenvalue weighted by atomic mass is 15.1. The largest absolute Gasteiger partial charge is 0.347 e. The van der Waals surface area contributed by atoms with Crippen LogP contribution in [0.25, 0.3) is 10.9 Å². The number of rotatable bonds is 3. The highest BCUT2D eigenvalue weighted by Crippen LogP contribution is 2.41. The number of hydrogen-bond donors (Lipinski definition) is 0. The number of fused-ring (bicyclic) bond motifs is 3. The molecule has 136 valence electrons. The minimum Gasteiger partial charge on any atom is -0.347 e. The van der Waals surface area contributed by atoms with E-state index in [9.17, 15) is 0 Å². The molecule has 0 aliphatic carbocycles. The lowest BCUT2D eigenvalue weighted by Gasteiger charge is -2.40. The van der Waals surface area contributed by atoms with Gasteiger partial charge in [0.1, 0.15) is 0 Å². The average molecular weight is 348 g/mol. The van der Waals surface area contributed by atoms with Crippen LogP contribution in [0.2, 0.25) is 0 Å². The molecule has 4 rings (SSSR count). The molecule has 0 spiro atoms. The Labute approximate surface area is 156 Å². The number of aryl methyl sites for hydroxylation is 4. The molecule has 2 aromatic heterocycles. The normalized spacial score (nSPS) is 20.5. The smallest absolute Gasteiger partial charge is 0.0483 e. The molecule has 0 saturated carbocycles. The summed E-state index contributed by atoms with van der Waals surface area (Å²) < 4.78 is 2.45. The van der Waals surface area contributed by atoms with E-state index in [4.69, 9.17) is 0 Å². The molecule has 0 radical (unpaired) electrons. The first-order valence-corrected chi connectivity index (χ1v) is 9.56. The van der Waals surface area contributed by atoms with Crippen molar-refractivity contribution in [1.82, 2.24) is 14.5 Å². The maximum Gasteiger partial charge on any atom is 0.0483 e. The summed E-state index contributed by atoms with van der Waals surface area (Å²) in [6.07, 6.45) is 4.24. The Kier molecular flexibility index (Phi) is 4.15. The van der Waals surface area contributed by atoms with Crippen molar-refractivity contribution in [2.45, 2.75) is 45.6 Å². The SMILES string of the molecule is Cc1ccc2c(c1)c1c(n2C)C(C)(CCc2ccc(C)nc2)CN(C)C1. The molecule has 1 aliphatic heterocycles. The van der Waals surface area contributed by atoms with E-state index in [-0.39, 0.29) is 5.41 Å². The number of hydrogen-bond acceptors (Lipinski definition) is 2. The van der Waals surface area contributed by atoms with E-state index in [0.717, 1.165) is 31.6 Å². The van der Waals surface area contributed by atoms with Crippen LogP contribution in [-0.2, 0) is 25.4 Å². The second-order valence-corrected chi connectivity index (χ2v) is 8.45. The van der Waals surface area contributed by atoms with E-state index < -0.39 is 0 Å². The van der Waals surface area contributed by atoms with E-state index in [0.29, 0.717) is 0 Å². The monoisotopic (exact) mass is 347 g/mol. The van der Waals surface area contributed by atoms with Gasteiger partial charge in [0.15, 0.2) is 0 Å². The molecular formula is C23H29N3. The predicted molar refractivity (Wildman–Crippen MR) is 109 cm³/mol. The highest BCUT2D eigenvalue weighted by molar-refractivity contribution is 5.87. The Hall–Kier alpha value is -2.13. The molecule has 1 aliphatic rings. The second-order valence-electron chi connectivity index (χ2n) is 8.45. The molecule has 3 heteroatoms. The van der Waals surface area contributed by atoms with Gasteiger partial charge in [-0.1, -0.05) is 24.6 Å². The summed E-state index contributed by atoms with van der Waals surface area (Å²) in [6, 6.07) is 11.2. The third-order valence-corrected chi connectivity index (χ3v) is 6.02. The zero-order valence-electron chi connectivity index (χ0n) is 16.6. The highest BCUT2D eigenvalue weighted by Gasteiger charge is 2.38. The van der Waals surface area contributed by atoms with Gasteiger partial charge < -0.3 is 9.47 Å². The minimum absolute atomic E-state index is 0.148. The van der Waals surface area contributed by atoms with Crippen LogP contribution in [0.4, 0.5) is 0 Å². The third-order valence-electron chi connectivity index (χ3n) is 6.02. The number of likely N-dealkylation sites (N-methyl/N-ethyl adjacent to an activating group) is 1. The summed E-state index contributed by atoms with van der Waals surface area (Å²) in [6.45, 7) is 8.81. The number of aromatic nitrogens is 2. The van der Waals surface area contributed by atoms with Gasteiger partial charge in [0.2, 0.25) is 0 Å². The lowest BCUT2D eigenvalue weighted by atomic mass is 9.76. The van der Waals surface area contributed by atoms with Gasteiger partial charge in [-0.25, -0.2) is 0 Å². The van der Waals surface area contributed by atoms with Crippen molar-refractivity contribution in [2.75, 3.05) is 13.6 Å². The zero-order chi connectivity index (χ0) is 18.5. The van der Waals surface area contributed by atoms with E-state index in [1.54, 1.807) is 0 Å². The van der Waals surface area contributed by atoms with Gasteiger partial charge in [-0.3, -0.25) is 4.98 Å². The van der Waals surface area contributed by atoms with Crippen molar-refractivity contribution < 1.29 is 0 Å². The van der Waals surface area contributed by atoms with Gasteiger partial charge in [0, 0.05) is 54.0 Å². The van der Waals surface area contributed by atoms with Crippen LogP contribution in [0.3, 0.4) is 0 Å². The van der Waals surface area contributed by atoms with Gasteiger partial charge in [0.05, 0.1) is 0 Å². The number of nitrogens with zero attached hydrogens (tertiary/aromatic N) is 3. The van der Waals surface area contributed by atoms with Gasteiger partial charge in [0.25, 0.3) is 0 Å². The summed E-state index contributed by atoms with van der Waals surface area (Å²) in [5.74, 6) is 0. The molecule has 3 nitrogen and oxygen atoms in total. The first-order valence-electron chi connectivity index (χ1n) is 9.56. The van der Waals surface area contributed by atoms with Gasteiger partial charge >= 0.3 is 0 Å². The Balaban J connectivity index is 1.76. The third kappa shape index (κ3) is 2.84. The lowest BCUT2D eigenvalue weighted by molar-refractivity contribution is 0.207. The Morgan fingerprint density at radius 1 is 1.12 bits per heavy atom. The summed E-state index contributed by atoms with van der Waals surface area (Å²) in [4.78, 5) is 6.95. The fourth-order valence-electron chi connectivity index (χ4n) is 4.82. The van der Waals surface area contributed by atoms with Crippen molar-refractivity contribution in [3.05, 3.63) is 64.6 Å². The zero-order valence-corrected chi connectivity index (χ0v) is 16.6. The van der Waals surface area contributed by atoms with Gasteiger partial charge in [-0.15, -0.1) is 0 Å². The van der Waals surface area contributed by atoms with Crippen LogP contribution in [0, 0.1) is 13.8 Å². The van der Waals surface area contributed by atoms with Gasteiger partial charge in [-0.2, -0.15) is 0 Å². The van der Waals surface area contributed by atoms with E-state index in [2.05, 4.69) is 72.7 Å². The minimum atomic E-state index is 0.148. The number of benzene rings is 1. The van der Waals surface area contributed by atoms with Crippen LogP contribution >= 0.6 is 0 Å². The van der Waals surface area contributed by atoms with E-state index in [1.165, 1.54) is 33.3 Å². The predicted octanol–water partition coefficient (Wildman–Crippen LogP) is 4.53. The van der Waals surface area contributed by atoms with Crippen LogP contribution in [0.15, 0.2) is 36.5 Å². The van der Waals surface area contributed by atoms with Crippen molar-refractivity contribution in [2.24, 2.45) is 7.05 Å². The van der Waals surface area contributed by atoms with Gasteiger partial charge in [-0.05, 0) is 63.1 Å². The van der Waals surface area contributed by atoms with Crippen molar-refractivity contribution >= 4 is 10.9 Å². The average Bonchev–Trinajstić information content (AvgIpc) is 2.87. The number of pyridine rings is 1. The second kappa shape index (κ2) is 6.24. The molecule has 1 unspecified atom stereocenters. The standard InChI is InChI=1S/C23H29N3/c1-16-6-9-21-19(12-16)20-14-25(4)15-23(3,22(20)26(21)5)11-10-18-8-7-17(2)24-13-18/h6-9,12-13H,10-11,14-15H2,1-5H3. The van der Waals surface area contributed by atoms with Crippen LogP contribution in [-0.4, -0.2) is 28.0 Å². The first-order chi connectivity index (χ1) is 12.4. The molecule has 26 heavy (non-hydrogen) atoms. The molecule has 1 aromatic carbocycles. The maximum atomic E-state index is 4.47. The molecular weight excluding hydrogens is 318 g/mol. The molecule has 0 bridgehead atoms. The molecule has 0 N–H and O–H groups in total. The Bertz CT molecular complexity index is 952. The van der Waals surface area contributed by atoms with Crippen LogP contribution in [0.5, 0.6) is 0 Å². The van der Waals surface area contributed by atoms with Crippen LogP contribution < -0.4 is 0 Å². The quantitative estimate of drug-likeness (QED) is 0.694. The lowest BCUT2D eigenvalue weighted by Crippen LogP contribution is -2.43. The summed E-state index contributed by atoms with van der Waals surface area (Å²) in [5.41, 5.74) is 8.31. The first kappa shape index (κ1) is 17.3. The van der Waals surface area contributed by atoms with Crippen molar-refractivity contribution in [3.63, 3.8) is 0 Å². The van der Waals surface area contributed by atoms with Crippen molar-refractivity contribution in [1.29, 1.82) is 0 Å². The summed E-state index contributed by atoms with van der Waals surface area (Å²) in [7, 11) is 4.50. The molecule has 0 fully saturated rings. The fourth-order valence-corrected chi connectivity index (χ4v) is 4.82. The van der Waals surface area contributed by atoms with E-state index >= 15 is 0 Å². The van der Waals surface area contributed by atoms with Crippen molar-refractivity contribution in [3.8, 4) is 0 Å². The molecule has 3 heterocycles. The topological polar surface area (TPSA) is 21.1 Å². The fraction of sp³-hybridized carbons (Fsp3) is 0.435. The van der Waals surface area contributed by atoms with E-state index in [1.807, 2.05) is 13.1 Å². The molecule has 0 saturated heterocycles. The summed E-state index contributed by atoms with van der Waals surface area (Å²) in [5, 5.41) is 1.43. The van der Waals surface area contributed by atoms with Crippen LogP contribution in [0.1, 0.15) is 41.4 Å². The maximum absolute atomic E-state index is 4.47.